The molecule has 0 amide bonds. The maximum absolute atomic E-state index is 2.56. The minimum absolute atomic E-state index is 1.22. The Morgan fingerprint density at radius 1 is 0.0833 bits per heavy atom. The quantitative estimate of drug-likeness (QED) is 0.119. The summed E-state index contributed by atoms with van der Waals surface area (Å²) in [4.78, 5) is 0. The van der Waals surface area contributed by atoms with Gasteiger partial charge in [0.1, 0.15) is 0 Å². The van der Waals surface area contributed by atoms with Crippen LogP contribution in [0.25, 0.3) is 250 Å². The first kappa shape index (κ1) is 59.4. The predicted octanol–water partition coefficient (Wildman–Crippen LogP) is 30.8. The molecule has 24 aromatic carbocycles. The molecule has 0 heterocycles. The Morgan fingerprint density at radius 3 is 0.657 bits per heavy atom. The second-order valence-corrected chi connectivity index (χ2v) is 29.9. The van der Waals surface area contributed by atoms with Crippen LogP contribution in [0.3, 0.4) is 0 Å². The standard InChI is InChI=1S/C108H62/c1-3-23-65-55-95-71(53-63(65)21-1)45-47-89-79(95)39-19-43-91(89)105-73-29-9-7-27-69(73)59-99-81-33-13-15-35-85(81)101(61-103(99)105)107-75-31-11-5-25-67(75)57-97-83-41-17-37-77(87(83)49-51-93(97)107)78-38-18-42-84-88(78)50-52-94-98(84)58-68-26-6-12-32-76(68)108(94)102-62-104-100(82-34-14-16-36-86(82)102)60-70-28-8-10-30-74(70)106(104)92-44-20-40-80-90(92)48-46-72-54-64-22-2-4-24-66(64)56-96(72)80/h1-62H. The van der Waals surface area contributed by atoms with Gasteiger partial charge in [-0.05, 0) is 310 Å². The normalized spacial score (nSPS) is 12.3. The molecule has 0 saturated heterocycles. The predicted molar refractivity (Wildman–Crippen MR) is 469 cm³/mol. The van der Waals surface area contributed by atoms with Crippen LogP contribution < -0.4 is 0 Å². The summed E-state index contributed by atoms with van der Waals surface area (Å²) in [6, 6.07) is 143. The Labute approximate surface area is 621 Å². The van der Waals surface area contributed by atoms with E-state index < -0.39 is 0 Å². The Balaban J connectivity index is 0.711. The minimum Gasteiger partial charge on any atom is -0.0616 e. The SMILES string of the molecule is c1ccc2cc3c(ccc4c(-c5c6ccccc6cc6c5cc(-c5c7ccccc7cc7c5ccc5c(-c8cccc9c8ccc8c(-c%10cc%11c(-c%12cccc%13c%12ccc%12cc%14ccccc%14cc%12%13)c%12ccccc%12cc%11c%11ccccc%10%11)c%10ccccc%10cc89)cccc57)c5ccccc56)cccc43)cc2c1. The summed E-state index contributed by atoms with van der Waals surface area (Å²) in [6.45, 7) is 0. The molecule has 494 valence electrons. The minimum atomic E-state index is 1.22. The zero-order valence-electron chi connectivity index (χ0n) is 58.8. The lowest BCUT2D eigenvalue weighted by atomic mass is 9.82. The van der Waals surface area contributed by atoms with Gasteiger partial charge in [0.15, 0.2) is 0 Å². The second kappa shape index (κ2) is 22.7. The number of benzene rings is 24. The molecule has 0 bridgehead atoms. The van der Waals surface area contributed by atoms with E-state index >= 15 is 0 Å². The molecule has 0 spiro atoms. The molecule has 24 aromatic rings. The van der Waals surface area contributed by atoms with Gasteiger partial charge in [-0.1, -0.05) is 315 Å². The van der Waals surface area contributed by atoms with Gasteiger partial charge in [-0.25, -0.2) is 0 Å². The van der Waals surface area contributed by atoms with Crippen LogP contribution in [0.15, 0.2) is 376 Å². The van der Waals surface area contributed by atoms with Gasteiger partial charge in [0.25, 0.3) is 0 Å². The van der Waals surface area contributed by atoms with Crippen molar-refractivity contribution in [3.05, 3.63) is 376 Å². The van der Waals surface area contributed by atoms with Crippen LogP contribution in [0.5, 0.6) is 0 Å². The first-order chi connectivity index (χ1) is 53.6. The fraction of sp³-hybridized carbons (Fsp3) is 0. The molecule has 0 N–H and O–H groups in total. The Kier molecular flexibility index (Phi) is 12.5. The zero-order valence-corrected chi connectivity index (χ0v) is 58.8. The highest BCUT2D eigenvalue weighted by Gasteiger charge is 2.25. The van der Waals surface area contributed by atoms with E-state index in [-0.39, 0.29) is 0 Å². The van der Waals surface area contributed by atoms with E-state index in [0.29, 0.717) is 0 Å². The van der Waals surface area contributed by atoms with E-state index in [1.165, 1.54) is 250 Å². The molecule has 0 atom stereocenters. The van der Waals surface area contributed by atoms with Crippen molar-refractivity contribution >= 4 is 194 Å². The summed E-state index contributed by atoms with van der Waals surface area (Å²) >= 11 is 0. The fourth-order valence-electron chi connectivity index (χ4n) is 19.7. The first-order valence-electron chi connectivity index (χ1n) is 37.8. The third-order valence-corrected chi connectivity index (χ3v) is 24.4. The molecule has 0 saturated carbocycles. The van der Waals surface area contributed by atoms with Gasteiger partial charge >= 0.3 is 0 Å². The van der Waals surface area contributed by atoms with Gasteiger partial charge in [-0.2, -0.15) is 0 Å². The van der Waals surface area contributed by atoms with Gasteiger partial charge < -0.3 is 0 Å². The van der Waals surface area contributed by atoms with E-state index in [0.717, 1.165) is 0 Å². The summed E-state index contributed by atoms with van der Waals surface area (Å²) in [5.74, 6) is 0. The number of rotatable bonds is 5. The van der Waals surface area contributed by atoms with Gasteiger partial charge in [0.2, 0.25) is 0 Å². The maximum atomic E-state index is 2.56. The van der Waals surface area contributed by atoms with Gasteiger partial charge in [-0.15, -0.1) is 0 Å². The summed E-state index contributed by atoms with van der Waals surface area (Å²) in [6.07, 6.45) is 0. The van der Waals surface area contributed by atoms with Crippen LogP contribution in [-0.4, -0.2) is 0 Å². The second-order valence-electron chi connectivity index (χ2n) is 29.9. The van der Waals surface area contributed by atoms with Crippen LogP contribution in [-0.2, 0) is 0 Å². The third kappa shape index (κ3) is 8.57. The van der Waals surface area contributed by atoms with Gasteiger partial charge in [-0.3, -0.25) is 0 Å². The number of hydrogen-bond acceptors (Lipinski definition) is 0. The van der Waals surface area contributed by atoms with Crippen LogP contribution in [0, 0.1) is 0 Å². The van der Waals surface area contributed by atoms with Gasteiger partial charge in [0, 0.05) is 0 Å². The molecule has 24 rings (SSSR count). The Bertz CT molecular complexity index is 7690. The Hall–Kier alpha value is -14.0. The summed E-state index contributed by atoms with van der Waals surface area (Å²) in [5, 5.41) is 44.8. The molecular weight excluding hydrogens is 1300 g/mol. The molecule has 0 heteroatoms. The lowest BCUT2D eigenvalue weighted by molar-refractivity contribution is 1.70. The van der Waals surface area contributed by atoms with Crippen molar-refractivity contribution in [1.29, 1.82) is 0 Å². The van der Waals surface area contributed by atoms with E-state index in [1.54, 1.807) is 0 Å². The fourth-order valence-corrected chi connectivity index (χ4v) is 19.7. The zero-order chi connectivity index (χ0) is 70.4. The topological polar surface area (TPSA) is 0 Å². The van der Waals surface area contributed by atoms with Crippen molar-refractivity contribution in [1.82, 2.24) is 0 Å². The van der Waals surface area contributed by atoms with Crippen molar-refractivity contribution in [3.8, 4) is 55.6 Å². The monoisotopic (exact) mass is 1360 g/mol. The Morgan fingerprint density at radius 2 is 0.296 bits per heavy atom. The number of fused-ring (bicyclic) bond motifs is 24. The molecule has 0 aliphatic heterocycles. The van der Waals surface area contributed by atoms with Crippen molar-refractivity contribution in [3.63, 3.8) is 0 Å². The largest absolute Gasteiger partial charge is 0.0616 e. The van der Waals surface area contributed by atoms with Gasteiger partial charge in [0.05, 0.1) is 0 Å². The maximum Gasteiger partial charge on any atom is -0.00201 e. The molecule has 0 aliphatic rings. The first-order valence-corrected chi connectivity index (χ1v) is 37.8. The highest BCUT2D eigenvalue weighted by molar-refractivity contribution is 6.33. The van der Waals surface area contributed by atoms with E-state index in [4.69, 9.17) is 0 Å². The highest BCUT2D eigenvalue weighted by Crippen LogP contribution is 2.53. The molecule has 0 fully saturated rings. The molecule has 0 unspecified atom stereocenters. The average Bonchev–Trinajstić information content (AvgIpc) is 0.715. The van der Waals surface area contributed by atoms with E-state index in [1.807, 2.05) is 0 Å². The van der Waals surface area contributed by atoms with Crippen LogP contribution >= 0.6 is 0 Å². The summed E-state index contributed by atoms with van der Waals surface area (Å²) in [7, 11) is 0. The van der Waals surface area contributed by atoms with Crippen molar-refractivity contribution < 1.29 is 0 Å². The summed E-state index contributed by atoms with van der Waals surface area (Å²) < 4.78 is 0. The number of hydrogen-bond donors (Lipinski definition) is 0. The summed E-state index contributed by atoms with van der Waals surface area (Å²) in [5.41, 5.74) is 12.4. The lowest BCUT2D eigenvalue weighted by Gasteiger charge is -2.21. The van der Waals surface area contributed by atoms with E-state index in [9.17, 15) is 0 Å². The van der Waals surface area contributed by atoms with Crippen molar-refractivity contribution in [2.75, 3.05) is 0 Å². The van der Waals surface area contributed by atoms with Crippen LogP contribution in [0.2, 0.25) is 0 Å². The molecule has 0 nitrogen and oxygen atoms in total. The van der Waals surface area contributed by atoms with Crippen LogP contribution in [0.4, 0.5) is 0 Å². The molecule has 0 aromatic heterocycles. The molecule has 0 aliphatic carbocycles. The third-order valence-electron chi connectivity index (χ3n) is 24.4. The van der Waals surface area contributed by atoms with Crippen LogP contribution in [0.1, 0.15) is 0 Å². The van der Waals surface area contributed by atoms with Crippen molar-refractivity contribution in [2.24, 2.45) is 0 Å². The molecule has 0 radical (unpaired) electrons. The molecule has 108 heavy (non-hydrogen) atoms. The molecular formula is C108H62. The van der Waals surface area contributed by atoms with E-state index in [2.05, 4.69) is 376 Å². The van der Waals surface area contributed by atoms with Crippen molar-refractivity contribution in [2.45, 2.75) is 0 Å². The lowest BCUT2D eigenvalue weighted by Crippen LogP contribution is -1.93. The smallest absolute Gasteiger partial charge is 0.00201 e. The highest BCUT2D eigenvalue weighted by atomic mass is 14.3. The average molecular weight is 1360 g/mol.